The summed E-state index contributed by atoms with van der Waals surface area (Å²) < 4.78 is 5.44. The highest BCUT2D eigenvalue weighted by molar-refractivity contribution is 5.74. The average Bonchev–Trinajstić information content (AvgIpc) is 2.83. The van der Waals surface area contributed by atoms with Gasteiger partial charge in [0.15, 0.2) is 0 Å². The number of aryl methyl sites for hydroxylation is 1. The SMILES string of the molecule is COc1ccc(C)cc1C1CC(CN)CN1C(C)=O. The molecule has 1 aliphatic heterocycles. The molecular formula is C15H22N2O2. The van der Waals surface area contributed by atoms with Crippen molar-refractivity contribution in [3.05, 3.63) is 29.3 Å². The van der Waals surface area contributed by atoms with Crippen LogP contribution in [0.25, 0.3) is 0 Å². The first-order valence-electron chi connectivity index (χ1n) is 6.68. The number of hydrogen-bond acceptors (Lipinski definition) is 3. The monoisotopic (exact) mass is 262 g/mol. The molecule has 4 nitrogen and oxygen atoms in total. The molecule has 0 radical (unpaired) electrons. The quantitative estimate of drug-likeness (QED) is 0.904. The topological polar surface area (TPSA) is 55.6 Å². The summed E-state index contributed by atoms with van der Waals surface area (Å²) in [6, 6.07) is 6.19. The van der Waals surface area contributed by atoms with Crippen molar-refractivity contribution in [2.45, 2.75) is 26.3 Å². The number of rotatable bonds is 3. The Hall–Kier alpha value is -1.55. The van der Waals surface area contributed by atoms with Crippen molar-refractivity contribution in [3.8, 4) is 5.75 Å². The molecule has 0 aliphatic carbocycles. The molecule has 4 heteroatoms. The van der Waals surface area contributed by atoms with Crippen molar-refractivity contribution < 1.29 is 9.53 Å². The summed E-state index contributed by atoms with van der Waals surface area (Å²) in [4.78, 5) is 13.7. The Labute approximate surface area is 114 Å². The fraction of sp³-hybridized carbons (Fsp3) is 0.533. The van der Waals surface area contributed by atoms with Gasteiger partial charge in [-0.1, -0.05) is 17.7 Å². The molecule has 104 valence electrons. The summed E-state index contributed by atoms with van der Waals surface area (Å²) in [5.41, 5.74) is 8.04. The molecular weight excluding hydrogens is 240 g/mol. The molecule has 2 N–H and O–H groups in total. The molecule has 1 amide bonds. The standard InChI is InChI=1S/C15H22N2O2/c1-10-4-5-15(19-3)13(6-10)14-7-12(8-16)9-17(14)11(2)18/h4-6,12,14H,7-9,16H2,1-3H3. The zero-order valence-corrected chi connectivity index (χ0v) is 11.8. The van der Waals surface area contributed by atoms with Gasteiger partial charge >= 0.3 is 0 Å². The number of benzene rings is 1. The van der Waals surface area contributed by atoms with Gasteiger partial charge in [-0.3, -0.25) is 4.79 Å². The van der Waals surface area contributed by atoms with Gasteiger partial charge in [0.1, 0.15) is 5.75 Å². The third kappa shape index (κ3) is 2.73. The van der Waals surface area contributed by atoms with Gasteiger partial charge in [-0.15, -0.1) is 0 Å². The Kier molecular flexibility index (Phi) is 4.10. The lowest BCUT2D eigenvalue weighted by molar-refractivity contribution is -0.129. The lowest BCUT2D eigenvalue weighted by Gasteiger charge is -2.25. The van der Waals surface area contributed by atoms with E-state index in [-0.39, 0.29) is 11.9 Å². The average molecular weight is 262 g/mol. The third-order valence-corrected chi connectivity index (χ3v) is 3.87. The van der Waals surface area contributed by atoms with E-state index in [2.05, 4.69) is 13.0 Å². The molecule has 1 aromatic carbocycles. The van der Waals surface area contributed by atoms with Crippen LogP contribution in [0.4, 0.5) is 0 Å². The van der Waals surface area contributed by atoms with Gasteiger partial charge in [-0.05, 0) is 31.9 Å². The number of nitrogens with two attached hydrogens (primary N) is 1. The summed E-state index contributed by atoms with van der Waals surface area (Å²) in [6.45, 7) is 5.03. The molecule has 1 heterocycles. The Morgan fingerprint density at radius 2 is 2.26 bits per heavy atom. The molecule has 1 aliphatic rings. The fourth-order valence-corrected chi connectivity index (χ4v) is 2.85. The van der Waals surface area contributed by atoms with Crippen LogP contribution in [-0.4, -0.2) is 31.0 Å². The molecule has 0 aromatic heterocycles. The molecule has 1 saturated heterocycles. The number of nitrogens with zero attached hydrogens (tertiary/aromatic N) is 1. The van der Waals surface area contributed by atoms with Crippen molar-refractivity contribution in [1.29, 1.82) is 0 Å². The van der Waals surface area contributed by atoms with Crippen LogP contribution in [0.5, 0.6) is 5.75 Å². The van der Waals surface area contributed by atoms with Crippen molar-refractivity contribution >= 4 is 5.91 Å². The van der Waals surface area contributed by atoms with E-state index < -0.39 is 0 Å². The number of carbonyl (C=O) groups excluding carboxylic acids is 1. The molecule has 2 rings (SSSR count). The summed E-state index contributed by atoms with van der Waals surface area (Å²) in [7, 11) is 1.67. The van der Waals surface area contributed by atoms with E-state index in [1.807, 2.05) is 17.0 Å². The lowest BCUT2D eigenvalue weighted by atomic mass is 9.97. The molecule has 0 spiro atoms. The van der Waals surface area contributed by atoms with E-state index in [1.54, 1.807) is 14.0 Å². The van der Waals surface area contributed by atoms with Crippen LogP contribution in [0, 0.1) is 12.8 Å². The second-order valence-electron chi connectivity index (χ2n) is 5.27. The van der Waals surface area contributed by atoms with Crippen LogP contribution < -0.4 is 10.5 Å². The molecule has 2 atom stereocenters. The predicted molar refractivity (Wildman–Crippen MR) is 75.0 cm³/mol. The maximum Gasteiger partial charge on any atom is 0.219 e. The number of amides is 1. The minimum absolute atomic E-state index is 0.0842. The largest absolute Gasteiger partial charge is 0.496 e. The third-order valence-electron chi connectivity index (χ3n) is 3.87. The summed E-state index contributed by atoms with van der Waals surface area (Å²) in [6.07, 6.45) is 0.913. The molecule has 1 fully saturated rings. The number of ether oxygens (including phenoxy) is 1. The second-order valence-corrected chi connectivity index (χ2v) is 5.27. The van der Waals surface area contributed by atoms with Crippen molar-refractivity contribution in [2.24, 2.45) is 11.7 Å². The molecule has 19 heavy (non-hydrogen) atoms. The Bertz CT molecular complexity index is 473. The predicted octanol–water partition coefficient (Wildman–Crippen LogP) is 1.87. The Morgan fingerprint density at radius 1 is 1.53 bits per heavy atom. The van der Waals surface area contributed by atoms with Crippen molar-refractivity contribution in [2.75, 3.05) is 20.2 Å². The van der Waals surface area contributed by atoms with Crippen molar-refractivity contribution in [1.82, 2.24) is 4.90 Å². The van der Waals surface area contributed by atoms with E-state index in [0.717, 1.165) is 24.3 Å². The van der Waals surface area contributed by atoms with E-state index >= 15 is 0 Å². The Morgan fingerprint density at radius 3 is 2.84 bits per heavy atom. The molecule has 1 aromatic rings. The first kappa shape index (κ1) is 13.9. The van der Waals surface area contributed by atoms with E-state index in [1.165, 1.54) is 5.56 Å². The number of carbonyl (C=O) groups is 1. The highest BCUT2D eigenvalue weighted by Crippen LogP contribution is 2.39. The van der Waals surface area contributed by atoms with Gasteiger partial charge in [0, 0.05) is 19.0 Å². The van der Waals surface area contributed by atoms with E-state index in [9.17, 15) is 4.79 Å². The van der Waals surface area contributed by atoms with E-state index in [4.69, 9.17) is 10.5 Å². The summed E-state index contributed by atoms with van der Waals surface area (Å²) in [5.74, 6) is 1.32. The number of hydrogen-bond donors (Lipinski definition) is 1. The highest BCUT2D eigenvalue weighted by atomic mass is 16.5. The minimum atomic E-state index is 0.0842. The maximum absolute atomic E-state index is 11.8. The van der Waals surface area contributed by atoms with Crippen LogP contribution in [0.1, 0.15) is 30.5 Å². The molecule has 0 saturated carbocycles. The van der Waals surface area contributed by atoms with Crippen LogP contribution in [0.2, 0.25) is 0 Å². The summed E-state index contributed by atoms with van der Waals surface area (Å²) >= 11 is 0. The van der Waals surface area contributed by atoms with Gasteiger partial charge in [-0.25, -0.2) is 0 Å². The molecule has 2 unspecified atom stereocenters. The minimum Gasteiger partial charge on any atom is -0.496 e. The fourth-order valence-electron chi connectivity index (χ4n) is 2.85. The zero-order valence-electron chi connectivity index (χ0n) is 11.8. The first-order valence-corrected chi connectivity index (χ1v) is 6.68. The Balaban J connectivity index is 2.38. The molecule has 0 bridgehead atoms. The van der Waals surface area contributed by atoms with Crippen LogP contribution >= 0.6 is 0 Å². The first-order chi connectivity index (χ1) is 9.06. The smallest absolute Gasteiger partial charge is 0.219 e. The number of methoxy groups -OCH3 is 1. The highest BCUT2D eigenvalue weighted by Gasteiger charge is 2.35. The second kappa shape index (κ2) is 5.61. The maximum atomic E-state index is 11.8. The van der Waals surface area contributed by atoms with Gasteiger partial charge < -0.3 is 15.4 Å². The van der Waals surface area contributed by atoms with E-state index in [0.29, 0.717) is 12.5 Å². The zero-order chi connectivity index (χ0) is 14.0. The van der Waals surface area contributed by atoms with Gasteiger partial charge in [0.05, 0.1) is 13.2 Å². The normalized spacial score (nSPS) is 22.6. The van der Waals surface area contributed by atoms with Crippen LogP contribution in [-0.2, 0) is 4.79 Å². The van der Waals surface area contributed by atoms with Gasteiger partial charge in [0.25, 0.3) is 0 Å². The lowest BCUT2D eigenvalue weighted by Crippen LogP contribution is -2.29. The van der Waals surface area contributed by atoms with Crippen molar-refractivity contribution in [3.63, 3.8) is 0 Å². The number of likely N-dealkylation sites (tertiary alicyclic amines) is 1. The van der Waals surface area contributed by atoms with Crippen LogP contribution in [0.15, 0.2) is 18.2 Å². The summed E-state index contributed by atoms with van der Waals surface area (Å²) in [5, 5.41) is 0. The van der Waals surface area contributed by atoms with Gasteiger partial charge in [0.2, 0.25) is 5.91 Å². The van der Waals surface area contributed by atoms with Crippen LogP contribution in [0.3, 0.4) is 0 Å². The van der Waals surface area contributed by atoms with Gasteiger partial charge in [-0.2, -0.15) is 0 Å².